The smallest absolute Gasteiger partial charge is 0.223 e. The highest BCUT2D eigenvalue weighted by molar-refractivity contribution is 5.78. The molecule has 1 N–H and O–H groups in total. The molecule has 2 aliphatic rings. The number of carbonyl (C=O) groups excluding carboxylic acids is 1. The summed E-state index contributed by atoms with van der Waals surface area (Å²) in [4.78, 5) is 14.6. The fourth-order valence-electron chi connectivity index (χ4n) is 3.80. The van der Waals surface area contributed by atoms with Gasteiger partial charge >= 0.3 is 0 Å². The molecule has 0 aromatic heterocycles. The molecule has 0 bridgehead atoms. The number of ether oxygens (including phenoxy) is 1. The first kappa shape index (κ1) is 16.2. The van der Waals surface area contributed by atoms with Crippen LogP contribution < -0.4 is 15.0 Å². The zero-order valence-electron chi connectivity index (χ0n) is 14.1. The minimum absolute atomic E-state index is 0.264. The van der Waals surface area contributed by atoms with E-state index < -0.39 is 0 Å². The zero-order valence-corrected chi connectivity index (χ0v) is 14.1. The molecule has 23 heavy (non-hydrogen) atoms. The number of nitrogens with one attached hydrogen (secondary N) is 1. The SMILES string of the molecule is COc1cccc(N2CC[C@@H](CNC(=O)C3CCCCC3)C2)c1. The number of amides is 1. The Hall–Kier alpha value is -1.71. The van der Waals surface area contributed by atoms with Gasteiger partial charge in [0.25, 0.3) is 0 Å². The van der Waals surface area contributed by atoms with E-state index in [0.717, 1.165) is 44.6 Å². The summed E-state index contributed by atoms with van der Waals surface area (Å²) in [5, 5.41) is 3.20. The fraction of sp³-hybridized carbons (Fsp3) is 0.632. The van der Waals surface area contributed by atoms with Gasteiger partial charge in [0.2, 0.25) is 5.91 Å². The molecule has 0 unspecified atom stereocenters. The molecule has 2 fully saturated rings. The average molecular weight is 316 g/mol. The predicted molar refractivity (Wildman–Crippen MR) is 92.9 cm³/mol. The van der Waals surface area contributed by atoms with Gasteiger partial charge < -0.3 is 15.0 Å². The first-order valence-corrected chi connectivity index (χ1v) is 8.93. The molecule has 126 valence electrons. The normalized spacial score (nSPS) is 22.1. The van der Waals surface area contributed by atoms with Crippen molar-refractivity contribution in [2.24, 2.45) is 11.8 Å². The van der Waals surface area contributed by atoms with E-state index in [1.807, 2.05) is 12.1 Å². The number of hydrogen-bond acceptors (Lipinski definition) is 3. The van der Waals surface area contributed by atoms with Crippen molar-refractivity contribution in [3.8, 4) is 5.75 Å². The molecule has 1 saturated carbocycles. The Kier molecular flexibility index (Phi) is 5.42. The lowest BCUT2D eigenvalue weighted by Crippen LogP contribution is -2.36. The van der Waals surface area contributed by atoms with E-state index in [-0.39, 0.29) is 11.8 Å². The Morgan fingerprint density at radius 2 is 2.09 bits per heavy atom. The van der Waals surface area contributed by atoms with Crippen LogP contribution in [0.1, 0.15) is 38.5 Å². The fourth-order valence-corrected chi connectivity index (χ4v) is 3.80. The van der Waals surface area contributed by atoms with Gasteiger partial charge in [-0.05, 0) is 37.3 Å². The number of benzene rings is 1. The van der Waals surface area contributed by atoms with Crippen molar-refractivity contribution in [2.75, 3.05) is 31.6 Å². The lowest BCUT2D eigenvalue weighted by molar-refractivity contribution is -0.126. The van der Waals surface area contributed by atoms with Crippen molar-refractivity contribution in [1.29, 1.82) is 0 Å². The third-order valence-corrected chi connectivity index (χ3v) is 5.25. The number of methoxy groups -OCH3 is 1. The summed E-state index contributed by atoms with van der Waals surface area (Å²) < 4.78 is 5.30. The van der Waals surface area contributed by atoms with Crippen LogP contribution in [0.25, 0.3) is 0 Å². The van der Waals surface area contributed by atoms with Crippen LogP contribution in [-0.4, -0.2) is 32.7 Å². The minimum atomic E-state index is 0.264. The second kappa shape index (κ2) is 7.71. The quantitative estimate of drug-likeness (QED) is 0.907. The van der Waals surface area contributed by atoms with Crippen molar-refractivity contribution in [3.63, 3.8) is 0 Å². The first-order valence-electron chi connectivity index (χ1n) is 8.93. The largest absolute Gasteiger partial charge is 0.497 e. The third kappa shape index (κ3) is 4.18. The number of anilines is 1. The maximum Gasteiger partial charge on any atom is 0.223 e. The third-order valence-electron chi connectivity index (χ3n) is 5.25. The maximum absolute atomic E-state index is 12.2. The van der Waals surface area contributed by atoms with Crippen LogP contribution in [0, 0.1) is 11.8 Å². The van der Waals surface area contributed by atoms with Crippen molar-refractivity contribution in [1.82, 2.24) is 5.32 Å². The summed E-state index contributed by atoms with van der Waals surface area (Å²) in [6, 6.07) is 8.22. The topological polar surface area (TPSA) is 41.6 Å². The van der Waals surface area contributed by atoms with Crippen molar-refractivity contribution in [3.05, 3.63) is 24.3 Å². The van der Waals surface area contributed by atoms with E-state index in [9.17, 15) is 4.79 Å². The van der Waals surface area contributed by atoms with Crippen molar-refractivity contribution >= 4 is 11.6 Å². The molecule has 4 nitrogen and oxygen atoms in total. The molecule has 1 aromatic rings. The summed E-state index contributed by atoms with van der Waals surface area (Å²) in [6.45, 7) is 2.88. The number of hydrogen-bond donors (Lipinski definition) is 1. The van der Waals surface area contributed by atoms with Crippen molar-refractivity contribution in [2.45, 2.75) is 38.5 Å². The van der Waals surface area contributed by atoms with Gasteiger partial charge in [-0.25, -0.2) is 0 Å². The molecule has 4 heteroatoms. The summed E-state index contributed by atoms with van der Waals surface area (Å²) in [5.41, 5.74) is 1.21. The second-order valence-electron chi connectivity index (χ2n) is 6.88. The molecule has 1 amide bonds. The number of rotatable bonds is 5. The molecular formula is C19H28N2O2. The van der Waals surface area contributed by atoms with Gasteiger partial charge in [-0.15, -0.1) is 0 Å². The Morgan fingerprint density at radius 3 is 2.87 bits per heavy atom. The monoisotopic (exact) mass is 316 g/mol. The van der Waals surface area contributed by atoms with Gasteiger partial charge in [-0.1, -0.05) is 25.3 Å². The summed E-state index contributed by atoms with van der Waals surface area (Å²) in [7, 11) is 1.70. The highest BCUT2D eigenvalue weighted by atomic mass is 16.5. The Bertz CT molecular complexity index is 526. The van der Waals surface area contributed by atoms with Crippen LogP contribution in [-0.2, 0) is 4.79 Å². The van der Waals surface area contributed by atoms with Gasteiger partial charge in [0.05, 0.1) is 7.11 Å². The molecular weight excluding hydrogens is 288 g/mol. The Labute approximate surface area is 139 Å². The summed E-state index contributed by atoms with van der Waals surface area (Å²) in [6.07, 6.45) is 7.01. The molecule has 1 heterocycles. The Morgan fingerprint density at radius 1 is 1.26 bits per heavy atom. The van der Waals surface area contributed by atoms with E-state index in [2.05, 4.69) is 22.3 Å². The van der Waals surface area contributed by atoms with Gasteiger partial charge in [0.1, 0.15) is 5.75 Å². The average Bonchev–Trinajstić information content (AvgIpc) is 3.09. The lowest BCUT2D eigenvalue weighted by Gasteiger charge is -2.22. The number of nitrogens with zero attached hydrogens (tertiary/aromatic N) is 1. The predicted octanol–water partition coefficient (Wildman–Crippen LogP) is 3.22. The molecule has 1 aliphatic carbocycles. The second-order valence-corrected chi connectivity index (χ2v) is 6.88. The van der Waals surface area contributed by atoms with E-state index >= 15 is 0 Å². The van der Waals surface area contributed by atoms with E-state index in [1.54, 1.807) is 7.11 Å². The molecule has 1 saturated heterocycles. The van der Waals surface area contributed by atoms with E-state index in [4.69, 9.17) is 4.74 Å². The maximum atomic E-state index is 12.2. The first-order chi connectivity index (χ1) is 11.3. The number of carbonyl (C=O) groups is 1. The van der Waals surface area contributed by atoms with Crippen LogP contribution in [0.5, 0.6) is 5.75 Å². The van der Waals surface area contributed by atoms with Crippen LogP contribution >= 0.6 is 0 Å². The molecule has 1 aliphatic heterocycles. The summed E-state index contributed by atoms with van der Waals surface area (Å²) in [5.74, 6) is 1.99. The molecule has 0 radical (unpaired) electrons. The molecule has 0 spiro atoms. The van der Waals surface area contributed by atoms with Crippen LogP contribution in [0.2, 0.25) is 0 Å². The van der Waals surface area contributed by atoms with Crippen LogP contribution in [0.15, 0.2) is 24.3 Å². The minimum Gasteiger partial charge on any atom is -0.497 e. The lowest BCUT2D eigenvalue weighted by atomic mass is 9.88. The van der Waals surface area contributed by atoms with E-state index in [1.165, 1.54) is 24.9 Å². The van der Waals surface area contributed by atoms with Crippen molar-refractivity contribution < 1.29 is 9.53 Å². The Balaban J connectivity index is 1.46. The highest BCUT2D eigenvalue weighted by Crippen LogP contribution is 2.27. The molecule has 1 atom stereocenters. The van der Waals surface area contributed by atoms with Crippen LogP contribution in [0.3, 0.4) is 0 Å². The van der Waals surface area contributed by atoms with Gasteiger partial charge in [0.15, 0.2) is 0 Å². The van der Waals surface area contributed by atoms with Gasteiger partial charge in [-0.3, -0.25) is 4.79 Å². The highest BCUT2D eigenvalue weighted by Gasteiger charge is 2.25. The van der Waals surface area contributed by atoms with E-state index in [0.29, 0.717) is 5.92 Å². The standard InChI is InChI=1S/C19H28N2O2/c1-23-18-9-5-8-17(12-18)21-11-10-15(14-21)13-20-19(22)16-6-3-2-4-7-16/h5,8-9,12,15-16H,2-4,6-7,10-11,13-14H2,1H3,(H,20,22)/t15-/m0/s1. The molecule has 3 rings (SSSR count). The van der Waals surface area contributed by atoms with Crippen LogP contribution in [0.4, 0.5) is 5.69 Å². The summed E-state index contributed by atoms with van der Waals surface area (Å²) >= 11 is 0. The van der Waals surface area contributed by atoms with Gasteiger partial charge in [-0.2, -0.15) is 0 Å². The van der Waals surface area contributed by atoms with Gasteiger partial charge in [0, 0.05) is 37.3 Å². The molecule has 1 aromatic carbocycles. The zero-order chi connectivity index (χ0) is 16.1.